The van der Waals surface area contributed by atoms with Gasteiger partial charge in [0.05, 0.1) is 6.10 Å². The minimum Gasteiger partial charge on any atom is -0.459 e. The average Bonchev–Trinajstić information content (AvgIpc) is 3.13. The highest BCUT2D eigenvalue weighted by Crippen LogP contribution is 2.69. The van der Waals surface area contributed by atoms with Gasteiger partial charge in [-0.15, -0.1) is 0 Å². The Balaban J connectivity index is 1.64. The van der Waals surface area contributed by atoms with Gasteiger partial charge in [-0.2, -0.15) is 0 Å². The molecule has 0 radical (unpaired) electrons. The quantitative estimate of drug-likeness (QED) is 0.436. The molecule has 0 spiro atoms. The fraction of sp³-hybridized carbons (Fsp3) is 0.967. The van der Waals surface area contributed by atoms with Crippen molar-refractivity contribution in [3.63, 3.8) is 0 Å². The molecule has 0 aromatic heterocycles. The first kappa shape index (κ1) is 27.4. The van der Waals surface area contributed by atoms with Gasteiger partial charge in [0, 0.05) is 24.7 Å². The highest BCUT2D eigenvalue weighted by Gasteiger charge is 2.71. The highest BCUT2D eigenvalue weighted by atomic mass is 16.6. The lowest BCUT2D eigenvalue weighted by molar-refractivity contribution is -0.300. The molecule has 4 aliphatic rings. The lowest BCUT2D eigenvalue weighted by Gasteiger charge is -2.66. The SMILES string of the molecule is CC(=O)OC1C2C3CCC(C(C)CCC(C)C(C)C)C3(C)CCC2C2(C)CCC(O)CC2(O)C1O. The number of rotatable bonds is 6. The van der Waals surface area contributed by atoms with Crippen LogP contribution >= 0.6 is 0 Å². The number of carbonyl (C=O) groups excluding carboxylic acids is 1. The van der Waals surface area contributed by atoms with Gasteiger partial charge in [0.2, 0.25) is 0 Å². The fourth-order valence-electron chi connectivity index (χ4n) is 9.59. The Morgan fingerprint density at radius 3 is 2.29 bits per heavy atom. The van der Waals surface area contributed by atoms with Gasteiger partial charge in [-0.25, -0.2) is 0 Å². The number of aliphatic hydroxyl groups excluding tert-OH is 2. The Labute approximate surface area is 213 Å². The third-order valence-electron chi connectivity index (χ3n) is 12.1. The smallest absolute Gasteiger partial charge is 0.303 e. The molecule has 35 heavy (non-hydrogen) atoms. The first-order valence-electron chi connectivity index (χ1n) is 14.5. The van der Waals surface area contributed by atoms with Crippen LogP contribution in [0.15, 0.2) is 0 Å². The van der Waals surface area contributed by atoms with E-state index < -0.39 is 35.3 Å². The van der Waals surface area contributed by atoms with Gasteiger partial charge < -0.3 is 20.1 Å². The number of carbonyl (C=O) groups is 1. The van der Waals surface area contributed by atoms with Crippen LogP contribution in [0.5, 0.6) is 0 Å². The van der Waals surface area contributed by atoms with Crippen molar-refractivity contribution in [2.75, 3.05) is 0 Å². The minimum atomic E-state index is -1.43. The summed E-state index contributed by atoms with van der Waals surface area (Å²) in [6.45, 7) is 15.5. The molecular weight excluding hydrogens is 440 g/mol. The first-order chi connectivity index (χ1) is 16.3. The Morgan fingerprint density at radius 1 is 0.971 bits per heavy atom. The molecular formula is C30H52O5. The third kappa shape index (κ3) is 4.30. The van der Waals surface area contributed by atoms with E-state index in [4.69, 9.17) is 4.74 Å². The zero-order valence-corrected chi connectivity index (χ0v) is 23.3. The zero-order chi connectivity index (χ0) is 25.9. The average molecular weight is 493 g/mol. The predicted octanol–water partition coefficient (Wildman–Crippen LogP) is 5.34. The summed E-state index contributed by atoms with van der Waals surface area (Å²) in [5, 5.41) is 34.0. The maximum Gasteiger partial charge on any atom is 0.303 e. The van der Waals surface area contributed by atoms with E-state index in [1.807, 2.05) is 0 Å². The van der Waals surface area contributed by atoms with Crippen LogP contribution in [-0.4, -0.2) is 45.2 Å². The topological polar surface area (TPSA) is 87.0 Å². The molecule has 3 N–H and O–H groups in total. The summed E-state index contributed by atoms with van der Waals surface area (Å²) in [7, 11) is 0. The van der Waals surface area contributed by atoms with Crippen LogP contribution in [0.4, 0.5) is 0 Å². The van der Waals surface area contributed by atoms with Crippen molar-refractivity contribution in [3.8, 4) is 0 Å². The van der Waals surface area contributed by atoms with Gasteiger partial charge in [-0.05, 0) is 79.4 Å². The highest BCUT2D eigenvalue weighted by molar-refractivity contribution is 5.66. The van der Waals surface area contributed by atoms with Crippen molar-refractivity contribution in [3.05, 3.63) is 0 Å². The number of aliphatic hydroxyl groups is 3. The van der Waals surface area contributed by atoms with E-state index in [9.17, 15) is 20.1 Å². The minimum absolute atomic E-state index is 0.0555. The molecule has 4 rings (SSSR count). The summed E-state index contributed by atoms with van der Waals surface area (Å²) in [6, 6.07) is 0. The van der Waals surface area contributed by atoms with Crippen molar-refractivity contribution in [1.82, 2.24) is 0 Å². The van der Waals surface area contributed by atoms with E-state index in [1.54, 1.807) is 0 Å². The van der Waals surface area contributed by atoms with Gasteiger partial charge in [-0.1, -0.05) is 54.4 Å². The second-order valence-electron chi connectivity index (χ2n) is 14.1. The molecule has 0 aromatic rings. The molecule has 12 atom stereocenters. The molecule has 202 valence electrons. The third-order valence-corrected chi connectivity index (χ3v) is 12.1. The number of fused-ring (bicyclic) bond motifs is 5. The number of hydrogen-bond donors (Lipinski definition) is 3. The van der Waals surface area contributed by atoms with Crippen molar-refractivity contribution in [2.24, 2.45) is 52.3 Å². The predicted molar refractivity (Wildman–Crippen MR) is 137 cm³/mol. The summed E-state index contributed by atoms with van der Waals surface area (Å²) < 4.78 is 5.89. The molecule has 4 aliphatic carbocycles. The molecule has 0 amide bonds. The van der Waals surface area contributed by atoms with E-state index >= 15 is 0 Å². The molecule has 0 bridgehead atoms. The Hall–Kier alpha value is -0.650. The van der Waals surface area contributed by atoms with Crippen molar-refractivity contribution in [2.45, 2.75) is 130 Å². The molecule has 4 saturated carbocycles. The lowest BCUT2D eigenvalue weighted by Crippen LogP contribution is -2.73. The summed E-state index contributed by atoms with van der Waals surface area (Å²) in [5.74, 6) is 2.97. The number of hydrogen-bond acceptors (Lipinski definition) is 5. The maximum absolute atomic E-state index is 12.2. The summed E-state index contributed by atoms with van der Waals surface area (Å²) in [4.78, 5) is 12.2. The maximum atomic E-state index is 12.2. The number of ether oxygens (including phenoxy) is 1. The van der Waals surface area contributed by atoms with Gasteiger partial charge in [0.15, 0.2) is 0 Å². The summed E-state index contributed by atoms with van der Waals surface area (Å²) in [6.07, 6.45) is 5.95. The van der Waals surface area contributed by atoms with Crippen LogP contribution in [0.2, 0.25) is 0 Å². The number of esters is 1. The molecule has 4 fully saturated rings. The van der Waals surface area contributed by atoms with Gasteiger partial charge in [0.25, 0.3) is 0 Å². The molecule has 5 heteroatoms. The molecule has 5 nitrogen and oxygen atoms in total. The molecule has 12 unspecified atom stereocenters. The van der Waals surface area contributed by atoms with Gasteiger partial charge in [-0.3, -0.25) is 4.79 Å². The zero-order valence-electron chi connectivity index (χ0n) is 23.3. The molecule has 0 saturated heterocycles. The van der Waals surface area contributed by atoms with E-state index in [1.165, 1.54) is 26.2 Å². The standard InChI is InChI=1S/C30H52O5/c1-17(2)18(3)8-9-19(4)22-10-11-23-25-24(13-14-28(22,23)6)29(7)15-12-21(32)16-30(29,34)27(33)26(25)35-20(5)31/h17-19,21-27,32-34H,8-16H2,1-7H3. The van der Waals surface area contributed by atoms with E-state index in [2.05, 4.69) is 41.5 Å². The summed E-state index contributed by atoms with van der Waals surface area (Å²) in [5.41, 5.74) is -1.75. The van der Waals surface area contributed by atoms with Crippen LogP contribution in [0, 0.1) is 52.3 Å². The van der Waals surface area contributed by atoms with Crippen LogP contribution in [0.1, 0.15) is 106 Å². The van der Waals surface area contributed by atoms with E-state index in [0.717, 1.165) is 25.2 Å². The van der Waals surface area contributed by atoms with E-state index in [-0.39, 0.29) is 23.7 Å². The molecule has 0 aromatic carbocycles. The Bertz CT molecular complexity index is 783. The Kier molecular flexibility index (Phi) is 7.50. The second-order valence-corrected chi connectivity index (χ2v) is 14.1. The summed E-state index contributed by atoms with van der Waals surface area (Å²) >= 11 is 0. The second kappa shape index (κ2) is 9.58. The normalized spacial score (nSPS) is 49.1. The van der Waals surface area contributed by atoms with Crippen LogP contribution in [-0.2, 0) is 9.53 Å². The van der Waals surface area contributed by atoms with Crippen molar-refractivity contribution >= 4 is 5.97 Å². The largest absolute Gasteiger partial charge is 0.459 e. The van der Waals surface area contributed by atoms with Crippen LogP contribution in [0.25, 0.3) is 0 Å². The monoisotopic (exact) mass is 492 g/mol. The van der Waals surface area contributed by atoms with Gasteiger partial charge >= 0.3 is 5.97 Å². The van der Waals surface area contributed by atoms with Gasteiger partial charge in [0.1, 0.15) is 17.8 Å². The molecule has 0 heterocycles. The van der Waals surface area contributed by atoms with Crippen molar-refractivity contribution < 1.29 is 24.9 Å². The van der Waals surface area contributed by atoms with Crippen molar-refractivity contribution in [1.29, 1.82) is 0 Å². The first-order valence-corrected chi connectivity index (χ1v) is 14.5. The fourth-order valence-corrected chi connectivity index (χ4v) is 9.59. The van der Waals surface area contributed by atoms with Crippen LogP contribution in [0.3, 0.4) is 0 Å². The Morgan fingerprint density at radius 2 is 1.66 bits per heavy atom. The molecule has 0 aliphatic heterocycles. The van der Waals surface area contributed by atoms with E-state index in [0.29, 0.717) is 36.5 Å². The lowest BCUT2D eigenvalue weighted by atomic mass is 9.41. The van der Waals surface area contributed by atoms with Crippen LogP contribution < -0.4 is 0 Å².